The van der Waals surface area contributed by atoms with Gasteiger partial charge in [0.15, 0.2) is 5.78 Å². The van der Waals surface area contributed by atoms with Gasteiger partial charge in [-0.3, -0.25) is 4.79 Å². The van der Waals surface area contributed by atoms with Gasteiger partial charge in [0, 0.05) is 18.4 Å². The lowest BCUT2D eigenvalue weighted by atomic mass is 10.1. The van der Waals surface area contributed by atoms with E-state index in [1.807, 2.05) is 13.8 Å². The molecule has 0 bridgehead atoms. The van der Waals surface area contributed by atoms with Crippen LogP contribution in [0, 0.1) is 0 Å². The Bertz CT molecular complexity index is 673. The first-order valence-corrected chi connectivity index (χ1v) is 6.76. The monoisotopic (exact) mass is 274 g/mol. The van der Waals surface area contributed by atoms with Crippen molar-refractivity contribution in [3.05, 3.63) is 29.6 Å². The number of carbonyl (C=O) groups is 2. The van der Waals surface area contributed by atoms with E-state index >= 15 is 0 Å². The fourth-order valence-corrected chi connectivity index (χ4v) is 2.32. The molecule has 1 aromatic carbocycles. The quantitative estimate of drug-likeness (QED) is 0.851. The molecule has 1 unspecified atom stereocenters. The molecule has 20 heavy (non-hydrogen) atoms. The number of imidazole rings is 1. The molecule has 0 amide bonds. The molecule has 0 aliphatic heterocycles. The van der Waals surface area contributed by atoms with Gasteiger partial charge in [0.1, 0.15) is 11.9 Å². The molecule has 0 radical (unpaired) electrons. The summed E-state index contributed by atoms with van der Waals surface area (Å²) >= 11 is 0. The Kier molecular flexibility index (Phi) is 3.88. The van der Waals surface area contributed by atoms with Crippen LogP contribution in [0.5, 0.6) is 0 Å². The zero-order chi connectivity index (χ0) is 14.9. The number of carboxylic acid groups (broad SMARTS) is 1. The van der Waals surface area contributed by atoms with Gasteiger partial charge in [-0.05, 0) is 25.1 Å². The average Bonchev–Trinajstić information content (AvgIpc) is 2.82. The molecule has 2 rings (SSSR count). The minimum Gasteiger partial charge on any atom is -0.480 e. The topological polar surface area (TPSA) is 72.2 Å². The Hall–Kier alpha value is -2.17. The molecule has 1 atom stereocenters. The van der Waals surface area contributed by atoms with Gasteiger partial charge >= 0.3 is 5.97 Å². The summed E-state index contributed by atoms with van der Waals surface area (Å²) in [5.41, 5.74) is 2.05. The minimum atomic E-state index is -0.896. The lowest BCUT2D eigenvalue weighted by molar-refractivity contribution is -0.140. The fraction of sp³-hybridized carbons (Fsp3) is 0.400. The van der Waals surface area contributed by atoms with Gasteiger partial charge in [-0.2, -0.15) is 0 Å². The number of aliphatic carboxylic acids is 1. The van der Waals surface area contributed by atoms with Crippen molar-refractivity contribution in [3.8, 4) is 0 Å². The van der Waals surface area contributed by atoms with E-state index in [0.29, 0.717) is 23.9 Å². The van der Waals surface area contributed by atoms with E-state index in [9.17, 15) is 14.7 Å². The maximum Gasteiger partial charge on any atom is 0.326 e. The summed E-state index contributed by atoms with van der Waals surface area (Å²) in [7, 11) is 0. The number of hydrogen-bond acceptors (Lipinski definition) is 3. The van der Waals surface area contributed by atoms with Crippen molar-refractivity contribution < 1.29 is 14.7 Å². The molecule has 5 heteroatoms. The summed E-state index contributed by atoms with van der Waals surface area (Å²) in [6.07, 6.45) is 1.09. The van der Waals surface area contributed by atoms with E-state index in [4.69, 9.17) is 0 Å². The SMILES string of the molecule is CCC(=O)c1ccc2c(c1)nc(CC)n2C(C)C(=O)O. The van der Waals surface area contributed by atoms with Crippen molar-refractivity contribution in [2.75, 3.05) is 0 Å². The second-order valence-electron chi connectivity index (χ2n) is 4.75. The minimum absolute atomic E-state index is 0.0609. The summed E-state index contributed by atoms with van der Waals surface area (Å²) in [6, 6.07) is 4.58. The number of ketones is 1. The zero-order valence-corrected chi connectivity index (χ0v) is 11.9. The summed E-state index contributed by atoms with van der Waals surface area (Å²) in [5.74, 6) is -0.116. The smallest absolute Gasteiger partial charge is 0.326 e. The van der Waals surface area contributed by atoms with Gasteiger partial charge < -0.3 is 9.67 Å². The largest absolute Gasteiger partial charge is 0.480 e. The lowest BCUT2D eigenvalue weighted by Crippen LogP contribution is -2.17. The predicted molar refractivity (Wildman–Crippen MR) is 76.1 cm³/mol. The standard InChI is InChI=1S/C15H18N2O3/c1-4-13(18)10-6-7-12-11(8-10)16-14(5-2)17(12)9(3)15(19)20/h6-9H,4-5H2,1-3H3,(H,19,20). The van der Waals surface area contributed by atoms with Crippen molar-refractivity contribution in [1.82, 2.24) is 9.55 Å². The van der Waals surface area contributed by atoms with Crippen LogP contribution in [0.3, 0.4) is 0 Å². The molecule has 0 spiro atoms. The maximum atomic E-state index is 11.7. The Morgan fingerprint density at radius 1 is 1.35 bits per heavy atom. The number of aromatic nitrogens is 2. The summed E-state index contributed by atoms with van der Waals surface area (Å²) in [4.78, 5) is 27.4. The normalized spacial score (nSPS) is 12.6. The van der Waals surface area contributed by atoms with E-state index in [2.05, 4.69) is 4.98 Å². The molecule has 2 aromatic rings. The lowest BCUT2D eigenvalue weighted by Gasteiger charge is -2.12. The van der Waals surface area contributed by atoms with E-state index in [0.717, 1.165) is 11.3 Å². The van der Waals surface area contributed by atoms with Crippen molar-refractivity contribution in [3.63, 3.8) is 0 Å². The molecule has 5 nitrogen and oxygen atoms in total. The predicted octanol–water partition coefficient (Wildman–Crippen LogP) is 2.84. The third kappa shape index (κ3) is 2.31. The molecular formula is C15H18N2O3. The third-order valence-corrected chi connectivity index (χ3v) is 3.47. The molecule has 1 aromatic heterocycles. The Morgan fingerprint density at radius 2 is 2.05 bits per heavy atom. The highest BCUT2D eigenvalue weighted by atomic mass is 16.4. The maximum absolute atomic E-state index is 11.7. The summed E-state index contributed by atoms with van der Waals surface area (Å²) < 4.78 is 1.72. The molecular weight excluding hydrogens is 256 g/mol. The Labute approximate surface area is 117 Å². The van der Waals surface area contributed by atoms with Crippen LogP contribution in [0.15, 0.2) is 18.2 Å². The van der Waals surface area contributed by atoms with Crippen LogP contribution in [0.25, 0.3) is 11.0 Å². The number of aryl methyl sites for hydroxylation is 1. The van der Waals surface area contributed by atoms with Gasteiger partial charge in [-0.15, -0.1) is 0 Å². The Balaban J connectivity index is 2.63. The highest BCUT2D eigenvalue weighted by Gasteiger charge is 2.20. The van der Waals surface area contributed by atoms with Crippen LogP contribution < -0.4 is 0 Å². The van der Waals surface area contributed by atoms with Crippen molar-refractivity contribution in [2.24, 2.45) is 0 Å². The fourth-order valence-electron chi connectivity index (χ4n) is 2.32. The molecule has 1 heterocycles. The van der Waals surface area contributed by atoms with E-state index < -0.39 is 12.0 Å². The van der Waals surface area contributed by atoms with Crippen LogP contribution in [0.1, 0.15) is 49.4 Å². The number of Topliss-reactive ketones (excluding diaryl/α,β-unsaturated/α-hetero) is 1. The number of rotatable bonds is 5. The van der Waals surface area contributed by atoms with E-state index in [-0.39, 0.29) is 5.78 Å². The van der Waals surface area contributed by atoms with Crippen molar-refractivity contribution in [2.45, 2.75) is 39.7 Å². The van der Waals surface area contributed by atoms with Crippen LogP contribution in [0.2, 0.25) is 0 Å². The highest BCUT2D eigenvalue weighted by Crippen LogP contribution is 2.23. The first-order valence-electron chi connectivity index (χ1n) is 6.76. The average molecular weight is 274 g/mol. The van der Waals surface area contributed by atoms with E-state index in [1.54, 1.807) is 29.7 Å². The molecule has 106 valence electrons. The van der Waals surface area contributed by atoms with Crippen LogP contribution in [-0.2, 0) is 11.2 Å². The van der Waals surface area contributed by atoms with E-state index in [1.165, 1.54) is 0 Å². The molecule has 1 N–H and O–H groups in total. The zero-order valence-electron chi connectivity index (χ0n) is 11.9. The summed E-state index contributed by atoms with van der Waals surface area (Å²) in [5, 5.41) is 9.21. The first-order chi connectivity index (χ1) is 9.49. The number of hydrogen-bond donors (Lipinski definition) is 1. The Morgan fingerprint density at radius 3 is 2.60 bits per heavy atom. The van der Waals surface area contributed by atoms with Gasteiger partial charge in [-0.25, -0.2) is 9.78 Å². The van der Waals surface area contributed by atoms with Gasteiger partial charge in [0.05, 0.1) is 11.0 Å². The number of carbonyl (C=O) groups excluding carboxylic acids is 1. The molecule has 0 saturated carbocycles. The third-order valence-electron chi connectivity index (χ3n) is 3.47. The number of benzene rings is 1. The molecule has 0 aliphatic carbocycles. The summed E-state index contributed by atoms with van der Waals surface area (Å²) in [6.45, 7) is 5.38. The van der Waals surface area contributed by atoms with Gasteiger partial charge in [0.25, 0.3) is 0 Å². The molecule has 0 saturated heterocycles. The molecule has 0 fully saturated rings. The van der Waals surface area contributed by atoms with Gasteiger partial charge in [-0.1, -0.05) is 13.8 Å². The van der Waals surface area contributed by atoms with Crippen molar-refractivity contribution in [1.29, 1.82) is 0 Å². The second kappa shape index (κ2) is 5.45. The second-order valence-corrected chi connectivity index (χ2v) is 4.75. The first kappa shape index (κ1) is 14.2. The highest BCUT2D eigenvalue weighted by molar-refractivity contribution is 5.98. The van der Waals surface area contributed by atoms with Crippen LogP contribution in [0.4, 0.5) is 0 Å². The number of nitrogens with zero attached hydrogens (tertiary/aromatic N) is 2. The number of carboxylic acids is 1. The van der Waals surface area contributed by atoms with Crippen molar-refractivity contribution >= 4 is 22.8 Å². The molecule has 0 aliphatic rings. The van der Waals surface area contributed by atoms with Gasteiger partial charge in [0.2, 0.25) is 0 Å². The van der Waals surface area contributed by atoms with Crippen LogP contribution in [-0.4, -0.2) is 26.4 Å². The number of fused-ring (bicyclic) bond motifs is 1. The van der Waals surface area contributed by atoms with Crippen LogP contribution >= 0.6 is 0 Å².